The number of unbranched alkanes of at least 4 members (excludes halogenated alkanes) is 1. The minimum Gasteiger partial charge on any atom is -0.316 e. The largest absolute Gasteiger partial charge is 0.316 e. The Morgan fingerprint density at radius 3 is 2.58 bits per heavy atom. The van der Waals surface area contributed by atoms with Crippen molar-refractivity contribution in [1.82, 2.24) is 5.32 Å². The maximum Gasteiger partial charge on any atom is -0.00143 e. The average molecular weight is 169 g/mol. The number of hydrogen-bond donors (Lipinski definition) is 1. The van der Waals surface area contributed by atoms with Gasteiger partial charge in [-0.25, -0.2) is 0 Å². The van der Waals surface area contributed by atoms with Crippen LogP contribution in [0.25, 0.3) is 0 Å². The van der Waals surface area contributed by atoms with Gasteiger partial charge in [-0.2, -0.15) is 0 Å². The van der Waals surface area contributed by atoms with Crippen LogP contribution in [-0.2, 0) is 0 Å². The Bertz CT molecular complexity index is 106. The van der Waals surface area contributed by atoms with Crippen LogP contribution < -0.4 is 5.32 Å². The second kappa shape index (κ2) is 8.79. The summed E-state index contributed by atoms with van der Waals surface area (Å²) in [6, 6.07) is 0. The quantitative estimate of drug-likeness (QED) is 0.456. The lowest BCUT2D eigenvalue weighted by atomic mass is 10.2. The molecular formula is C11H23N. The van der Waals surface area contributed by atoms with Gasteiger partial charge in [-0.3, -0.25) is 0 Å². The molecule has 1 nitrogen and oxygen atoms in total. The molecule has 1 N–H and O–H groups in total. The molecule has 0 saturated carbocycles. The molecule has 0 unspecified atom stereocenters. The predicted molar refractivity (Wildman–Crippen MR) is 56.4 cm³/mol. The van der Waals surface area contributed by atoms with Crippen molar-refractivity contribution in [1.29, 1.82) is 0 Å². The zero-order valence-electron chi connectivity index (χ0n) is 8.77. The van der Waals surface area contributed by atoms with E-state index in [9.17, 15) is 0 Å². The summed E-state index contributed by atoms with van der Waals surface area (Å²) < 4.78 is 0. The van der Waals surface area contributed by atoms with E-state index in [1.54, 1.807) is 0 Å². The van der Waals surface area contributed by atoms with Gasteiger partial charge in [-0.1, -0.05) is 39.3 Å². The first kappa shape index (κ1) is 11.7. The summed E-state index contributed by atoms with van der Waals surface area (Å²) in [5, 5.41) is 3.41. The van der Waals surface area contributed by atoms with Gasteiger partial charge in [0.2, 0.25) is 0 Å². The van der Waals surface area contributed by atoms with Crippen LogP contribution >= 0.6 is 0 Å². The Morgan fingerprint density at radius 2 is 2.00 bits per heavy atom. The van der Waals surface area contributed by atoms with Gasteiger partial charge < -0.3 is 5.32 Å². The summed E-state index contributed by atoms with van der Waals surface area (Å²) in [6.45, 7) is 8.94. The Balaban J connectivity index is 3.00. The molecule has 0 aromatic heterocycles. The van der Waals surface area contributed by atoms with Gasteiger partial charge in [0.25, 0.3) is 0 Å². The van der Waals surface area contributed by atoms with Crippen molar-refractivity contribution < 1.29 is 0 Å². The van der Waals surface area contributed by atoms with E-state index in [0.717, 1.165) is 6.54 Å². The van der Waals surface area contributed by atoms with Gasteiger partial charge in [0, 0.05) is 0 Å². The molecule has 0 heterocycles. The van der Waals surface area contributed by atoms with Crippen LogP contribution in [0.1, 0.15) is 40.0 Å². The molecule has 0 aliphatic carbocycles. The van der Waals surface area contributed by atoms with E-state index in [1.807, 2.05) is 0 Å². The first-order valence-electron chi connectivity index (χ1n) is 5.14. The van der Waals surface area contributed by atoms with Crippen molar-refractivity contribution in [2.45, 2.75) is 40.0 Å². The van der Waals surface area contributed by atoms with Gasteiger partial charge in [0.1, 0.15) is 0 Å². The van der Waals surface area contributed by atoms with Crippen molar-refractivity contribution in [3.05, 3.63) is 12.2 Å². The Kier molecular flexibility index (Phi) is 8.57. The van der Waals surface area contributed by atoms with Gasteiger partial charge in [0.15, 0.2) is 0 Å². The first-order valence-corrected chi connectivity index (χ1v) is 5.14. The molecule has 12 heavy (non-hydrogen) atoms. The molecule has 0 saturated heterocycles. The van der Waals surface area contributed by atoms with Crippen LogP contribution in [0.5, 0.6) is 0 Å². The standard InChI is InChI=1S/C11H23N/c1-4-5-9-12-10-7-6-8-11(2)3/h6,8,11-12H,4-5,7,9-10H2,1-3H3/b8-6+. The number of hydrogen-bond acceptors (Lipinski definition) is 1. The SMILES string of the molecule is CCCCNCC/C=C/C(C)C. The first-order chi connectivity index (χ1) is 5.77. The summed E-state index contributed by atoms with van der Waals surface area (Å²) in [4.78, 5) is 0. The molecule has 72 valence electrons. The summed E-state index contributed by atoms with van der Waals surface area (Å²) in [5.74, 6) is 0.695. The summed E-state index contributed by atoms with van der Waals surface area (Å²) in [6.07, 6.45) is 8.29. The molecule has 0 aromatic carbocycles. The highest BCUT2D eigenvalue weighted by Crippen LogP contribution is 1.94. The maximum absolute atomic E-state index is 3.41. The van der Waals surface area contributed by atoms with Crippen LogP contribution in [0.4, 0.5) is 0 Å². The molecule has 0 spiro atoms. The lowest BCUT2D eigenvalue weighted by molar-refractivity contribution is 0.644. The summed E-state index contributed by atoms with van der Waals surface area (Å²) >= 11 is 0. The molecule has 0 radical (unpaired) electrons. The van der Waals surface area contributed by atoms with E-state index in [0.29, 0.717) is 5.92 Å². The average Bonchev–Trinajstić information content (AvgIpc) is 2.02. The fraction of sp³-hybridized carbons (Fsp3) is 0.818. The van der Waals surface area contributed by atoms with Crippen molar-refractivity contribution in [3.63, 3.8) is 0 Å². The lowest BCUT2D eigenvalue weighted by Gasteiger charge is -2.00. The molecule has 0 aromatic rings. The minimum atomic E-state index is 0.695. The van der Waals surface area contributed by atoms with Crippen LogP contribution in [0, 0.1) is 5.92 Å². The van der Waals surface area contributed by atoms with E-state index >= 15 is 0 Å². The zero-order chi connectivity index (χ0) is 9.23. The van der Waals surface area contributed by atoms with E-state index in [4.69, 9.17) is 0 Å². The van der Waals surface area contributed by atoms with Crippen molar-refractivity contribution in [3.8, 4) is 0 Å². The third-order valence-corrected chi connectivity index (χ3v) is 1.72. The van der Waals surface area contributed by atoms with Gasteiger partial charge >= 0.3 is 0 Å². The van der Waals surface area contributed by atoms with Gasteiger partial charge in [-0.15, -0.1) is 0 Å². The van der Waals surface area contributed by atoms with E-state index in [1.165, 1.54) is 25.8 Å². The van der Waals surface area contributed by atoms with Crippen LogP contribution in [0.2, 0.25) is 0 Å². The molecule has 0 aliphatic rings. The molecule has 0 amide bonds. The van der Waals surface area contributed by atoms with Crippen LogP contribution in [0.15, 0.2) is 12.2 Å². The second-order valence-electron chi connectivity index (χ2n) is 3.56. The monoisotopic (exact) mass is 169 g/mol. The van der Waals surface area contributed by atoms with E-state index in [2.05, 4.69) is 38.2 Å². The highest BCUT2D eigenvalue weighted by atomic mass is 14.8. The molecular weight excluding hydrogens is 146 g/mol. The van der Waals surface area contributed by atoms with Crippen LogP contribution in [0.3, 0.4) is 0 Å². The van der Waals surface area contributed by atoms with Crippen molar-refractivity contribution in [2.24, 2.45) is 5.92 Å². The molecule has 0 rings (SSSR count). The topological polar surface area (TPSA) is 12.0 Å². The van der Waals surface area contributed by atoms with E-state index < -0.39 is 0 Å². The Hall–Kier alpha value is -0.300. The predicted octanol–water partition coefficient (Wildman–Crippen LogP) is 2.98. The fourth-order valence-electron chi connectivity index (χ4n) is 0.981. The normalized spacial score (nSPS) is 11.7. The lowest BCUT2D eigenvalue weighted by Crippen LogP contribution is -2.15. The second-order valence-corrected chi connectivity index (χ2v) is 3.56. The highest BCUT2D eigenvalue weighted by molar-refractivity contribution is 4.84. The van der Waals surface area contributed by atoms with Gasteiger partial charge in [-0.05, 0) is 31.8 Å². The van der Waals surface area contributed by atoms with E-state index in [-0.39, 0.29) is 0 Å². The Labute approximate surface area is 77.2 Å². The van der Waals surface area contributed by atoms with Crippen molar-refractivity contribution >= 4 is 0 Å². The van der Waals surface area contributed by atoms with Gasteiger partial charge in [0.05, 0.1) is 0 Å². The third-order valence-electron chi connectivity index (χ3n) is 1.72. The minimum absolute atomic E-state index is 0.695. The molecule has 0 atom stereocenters. The fourth-order valence-corrected chi connectivity index (χ4v) is 0.981. The zero-order valence-corrected chi connectivity index (χ0v) is 8.77. The molecule has 1 heteroatoms. The molecule has 0 fully saturated rings. The maximum atomic E-state index is 3.41. The number of nitrogens with one attached hydrogen (secondary N) is 1. The van der Waals surface area contributed by atoms with Crippen LogP contribution in [-0.4, -0.2) is 13.1 Å². The number of allylic oxidation sites excluding steroid dienone is 1. The highest BCUT2D eigenvalue weighted by Gasteiger charge is 1.85. The summed E-state index contributed by atoms with van der Waals surface area (Å²) in [5.41, 5.74) is 0. The smallest absolute Gasteiger partial charge is 0.00143 e. The molecule has 0 aliphatic heterocycles. The molecule has 0 bridgehead atoms. The number of rotatable bonds is 7. The van der Waals surface area contributed by atoms with Crippen molar-refractivity contribution in [2.75, 3.05) is 13.1 Å². The third kappa shape index (κ3) is 9.70. The Morgan fingerprint density at radius 1 is 1.25 bits per heavy atom. The summed E-state index contributed by atoms with van der Waals surface area (Å²) in [7, 11) is 0.